The van der Waals surface area contributed by atoms with Gasteiger partial charge in [0.1, 0.15) is 17.7 Å². The van der Waals surface area contributed by atoms with Gasteiger partial charge in [0.05, 0.1) is 10.0 Å². The summed E-state index contributed by atoms with van der Waals surface area (Å²) in [6.45, 7) is 0. The molecule has 5 nitrogen and oxygen atoms in total. The van der Waals surface area contributed by atoms with E-state index in [1.807, 2.05) is 0 Å². The summed E-state index contributed by atoms with van der Waals surface area (Å²) in [4.78, 5) is 16.7. The molecule has 0 spiro atoms. The van der Waals surface area contributed by atoms with Crippen LogP contribution in [0, 0.1) is 5.82 Å². The van der Waals surface area contributed by atoms with Crippen LogP contribution in [-0.4, -0.2) is 15.6 Å². The fourth-order valence-electron chi connectivity index (χ4n) is 2.51. The Morgan fingerprint density at radius 1 is 1.19 bits per heavy atom. The molecule has 2 aromatic carbocycles. The molecule has 1 aromatic heterocycles. The largest absolute Gasteiger partial charge is 0.336 e. The molecule has 134 valence electrons. The SMILES string of the molecule is Cn1ccnc1C(NC(=O)Nc1ccc(Cl)c(Cl)c1)c1cccc(F)c1. The van der Waals surface area contributed by atoms with Crippen molar-refractivity contribution in [3.05, 3.63) is 82.1 Å². The molecule has 1 heterocycles. The van der Waals surface area contributed by atoms with Crippen molar-refractivity contribution in [2.45, 2.75) is 6.04 Å². The summed E-state index contributed by atoms with van der Waals surface area (Å²) in [6.07, 6.45) is 3.36. The van der Waals surface area contributed by atoms with E-state index in [9.17, 15) is 9.18 Å². The molecule has 8 heteroatoms. The lowest BCUT2D eigenvalue weighted by molar-refractivity contribution is 0.249. The summed E-state index contributed by atoms with van der Waals surface area (Å²) >= 11 is 11.8. The summed E-state index contributed by atoms with van der Waals surface area (Å²) in [6, 6.07) is 9.65. The first-order chi connectivity index (χ1) is 12.4. The molecule has 26 heavy (non-hydrogen) atoms. The smallest absolute Gasteiger partial charge is 0.320 e. The van der Waals surface area contributed by atoms with Crippen LogP contribution in [0.1, 0.15) is 17.4 Å². The number of nitrogens with one attached hydrogen (secondary N) is 2. The van der Waals surface area contributed by atoms with E-state index in [0.717, 1.165) is 0 Å². The molecule has 0 aliphatic heterocycles. The summed E-state index contributed by atoms with van der Waals surface area (Å²) in [5.41, 5.74) is 1.05. The number of nitrogens with zero attached hydrogens (tertiary/aromatic N) is 2. The van der Waals surface area contributed by atoms with Crippen LogP contribution in [0.4, 0.5) is 14.9 Å². The second-order valence-electron chi connectivity index (χ2n) is 5.61. The Morgan fingerprint density at radius 3 is 2.65 bits per heavy atom. The third kappa shape index (κ3) is 4.15. The van der Waals surface area contributed by atoms with Crippen LogP contribution in [0.3, 0.4) is 0 Å². The Kier molecular flexibility index (Phi) is 5.44. The van der Waals surface area contributed by atoms with Gasteiger partial charge in [-0.05, 0) is 35.9 Å². The molecule has 0 radical (unpaired) electrons. The van der Waals surface area contributed by atoms with Crippen molar-refractivity contribution in [3.63, 3.8) is 0 Å². The van der Waals surface area contributed by atoms with E-state index >= 15 is 0 Å². The number of imidazole rings is 1. The minimum Gasteiger partial charge on any atom is -0.336 e. The summed E-state index contributed by atoms with van der Waals surface area (Å²) in [7, 11) is 1.80. The third-order valence-electron chi connectivity index (χ3n) is 3.75. The van der Waals surface area contributed by atoms with Crippen molar-refractivity contribution in [3.8, 4) is 0 Å². The highest BCUT2D eigenvalue weighted by Crippen LogP contribution is 2.25. The van der Waals surface area contributed by atoms with Gasteiger partial charge in [-0.15, -0.1) is 0 Å². The zero-order chi connectivity index (χ0) is 18.7. The minimum absolute atomic E-state index is 0.329. The highest BCUT2D eigenvalue weighted by atomic mass is 35.5. The van der Waals surface area contributed by atoms with Crippen LogP contribution in [0.25, 0.3) is 0 Å². The average molecular weight is 393 g/mol. The molecule has 0 saturated heterocycles. The lowest BCUT2D eigenvalue weighted by Crippen LogP contribution is -2.34. The molecule has 3 aromatic rings. The summed E-state index contributed by atoms with van der Waals surface area (Å²) in [5, 5.41) is 6.21. The van der Waals surface area contributed by atoms with Crippen molar-refractivity contribution in [2.75, 3.05) is 5.32 Å². The maximum Gasteiger partial charge on any atom is 0.320 e. The van der Waals surface area contributed by atoms with E-state index in [2.05, 4.69) is 15.6 Å². The Morgan fingerprint density at radius 2 is 2.00 bits per heavy atom. The fraction of sp³-hybridized carbons (Fsp3) is 0.111. The van der Waals surface area contributed by atoms with Gasteiger partial charge < -0.3 is 15.2 Å². The van der Waals surface area contributed by atoms with Gasteiger partial charge >= 0.3 is 6.03 Å². The molecule has 1 unspecified atom stereocenters. The van der Waals surface area contributed by atoms with Crippen molar-refractivity contribution in [1.82, 2.24) is 14.9 Å². The topological polar surface area (TPSA) is 59.0 Å². The van der Waals surface area contributed by atoms with Crippen molar-refractivity contribution in [2.24, 2.45) is 7.05 Å². The van der Waals surface area contributed by atoms with E-state index in [0.29, 0.717) is 27.1 Å². The minimum atomic E-state index is -0.631. The molecular weight excluding hydrogens is 378 g/mol. The second kappa shape index (κ2) is 7.76. The molecular formula is C18H15Cl2FN4O. The number of rotatable bonds is 4. The predicted octanol–water partition coefficient (Wildman–Crippen LogP) is 4.78. The standard InChI is InChI=1S/C18H15Cl2FN4O/c1-25-8-7-22-17(25)16(11-3-2-4-12(21)9-11)24-18(26)23-13-5-6-14(19)15(20)10-13/h2-10,16H,1H3,(H2,23,24,26). The van der Waals surface area contributed by atoms with E-state index < -0.39 is 17.9 Å². The molecule has 2 amide bonds. The van der Waals surface area contributed by atoms with E-state index in [-0.39, 0.29) is 0 Å². The average Bonchev–Trinajstić information content (AvgIpc) is 3.02. The zero-order valence-electron chi connectivity index (χ0n) is 13.7. The maximum absolute atomic E-state index is 13.7. The number of carbonyl (C=O) groups excluding carboxylic acids is 1. The number of aromatic nitrogens is 2. The third-order valence-corrected chi connectivity index (χ3v) is 4.49. The van der Waals surface area contributed by atoms with Crippen LogP contribution in [-0.2, 0) is 7.05 Å². The van der Waals surface area contributed by atoms with Crippen LogP contribution < -0.4 is 10.6 Å². The summed E-state index contributed by atoms with van der Waals surface area (Å²) in [5.74, 6) is 0.174. The molecule has 0 bridgehead atoms. The molecule has 0 aliphatic rings. The highest BCUT2D eigenvalue weighted by Gasteiger charge is 2.21. The van der Waals surface area contributed by atoms with Gasteiger partial charge in [-0.3, -0.25) is 0 Å². The zero-order valence-corrected chi connectivity index (χ0v) is 15.2. The van der Waals surface area contributed by atoms with E-state index in [1.165, 1.54) is 12.1 Å². The van der Waals surface area contributed by atoms with Gasteiger partial charge in [0, 0.05) is 25.1 Å². The van der Waals surface area contributed by atoms with Crippen molar-refractivity contribution < 1.29 is 9.18 Å². The number of hydrogen-bond acceptors (Lipinski definition) is 2. The molecule has 0 saturated carbocycles. The molecule has 1 atom stereocenters. The van der Waals surface area contributed by atoms with Crippen LogP contribution in [0.15, 0.2) is 54.9 Å². The number of carbonyl (C=O) groups is 1. The first-order valence-electron chi connectivity index (χ1n) is 7.69. The summed E-state index contributed by atoms with van der Waals surface area (Å²) < 4.78 is 15.4. The first-order valence-corrected chi connectivity index (χ1v) is 8.45. The van der Waals surface area contributed by atoms with Crippen LogP contribution >= 0.6 is 23.2 Å². The van der Waals surface area contributed by atoms with Gasteiger partial charge in [0.25, 0.3) is 0 Å². The quantitative estimate of drug-likeness (QED) is 0.671. The Labute approximate surface area is 159 Å². The van der Waals surface area contributed by atoms with Gasteiger partial charge in [0.15, 0.2) is 0 Å². The highest BCUT2D eigenvalue weighted by molar-refractivity contribution is 6.42. The number of hydrogen-bond donors (Lipinski definition) is 2. The van der Waals surface area contributed by atoms with Gasteiger partial charge in [-0.1, -0.05) is 35.3 Å². The van der Waals surface area contributed by atoms with Gasteiger partial charge in [-0.2, -0.15) is 0 Å². The van der Waals surface area contributed by atoms with Crippen molar-refractivity contribution in [1.29, 1.82) is 0 Å². The number of amides is 2. The number of benzene rings is 2. The second-order valence-corrected chi connectivity index (χ2v) is 6.43. The van der Waals surface area contributed by atoms with E-state index in [4.69, 9.17) is 23.2 Å². The first kappa shape index (κ1) is 18.2. The number of halogens is 3. The van der Waals surface area contributed by atoms with E-state index in [1.54, 1.807) is 54.3 Å². The normalized spacial score (nSPS) is 11.8. The fourth-order valence-corrected chi connectivity index (χ4v) is 2.81. The molecule has 0 aliphatic carbocycles. The number of urea groups is 1. The number of anilines is 1. The Balaban J connectivity index is 1.84. The van der Waals surface area contributed by atoms with Gasteiger partial charge in [0.2, 0.25) is 0 Å². The van der Waals surface area contributed by atoms with Gasteiger partial charge in [-0.25, -0.2) is 14.2 Å². The monoisotopic (exact) mass is 392 g/mol. The predicted molar refractivity (Wildman–Crippen MR) is 100 cm³/mol. The molecule has 2 N–H and O–H groups in total. The maximum atomic E-state index is 13.7. The molecule has 3 rings (SSSR count). The van der Waals surface area contributed by atoms with Crippen LogP contribution in [0.2, 0.25) is 10.0 Å². The number of aryl methyl sites for hydroxylation is 1. The van der Waals surface area contributed by atoms with Crippen molar-refractivity contribution >= 4 is 34.9 Å². The lowest BCUT2D eigenvalue weighted by atomic mass is 10.1. The molecule has 0 fully saturated rings. The lowest BCUT2D eigenvalue weighted by Gasteiger charge is -2.19. The Hall–Kier alpha value is -2.57. The Bertz CT molecular complexity index is 944. The van der Waals surface area contributed by atoms with Crippen LogP contribution in [0.5, 0.6) is 0 Å².